The van der Waals surface area contributed by atoms with Crippen molar-refractivity contribution in [3.05, 3.63) is 0 Å². The Kier molecular flexibility index (Phi) is 24.0. The van der Waals surface area contributed by atoms with E-state index in [2.05, 4.69) is 14.5 Å². The van der Waals surface area contributed by atoms with E-state index in [9.17, 15) is 4.79 Å². The van der Waals surface area contributed by atoms with Crippen molar-refractivity contribution in [3.63, 3.8) is 0 Å². The number of carboxylic acids is 1. The minimum atomic E-state index is -0.951. The summed E-state index contributed by atoms with van der Waals surface area (Å²) in [6, 6.07) is 0. The van der Waals surface area contributed by atoms with E-state index in [1.165, 1.54) is 11.9 Å². The van der Waals surface area contributed by atoms with Gasteiger partial charge >= 0.3 is 65.1 Å². The Morgan fingerprint density at radius 3 is 2.23 bits per heavy atom. The van der Waals surface area contributed by atoms with E-state index in [-0.39, 0.29) is 77.1 Å². The Labute approximate surface area is 123 Å². The van der Waals surface area contributed by atoms with Crippen molar-refractivity contribution in [1.29, 1.82) is 5.41 Å². The average Bonchev–Trinajstić information content (AvgIpc) is 1.85. The third-order valence-corrected chi connectivity index (χ3v) is 1.16. The van der Waals surface area contributed by atoms with Crippen LogP contribution in [-0.4, -0.2) is 100 Å². The Balaban J connectivity index is -0.000000135. The van der Waals surface area contributed by atoms with Crippen molar-refractivity contribution in [3.8, 4) is 0 Å². The molecule has 13 heavy (non-hydrogen) atoms. The third kappa shape index (κ3) is 13.1. The summed E-state index contributed by atoms with van der Waals surface area (Å²) in [7, 11) is 3.64. The molecule has 70 valence electrons. The van der Waals surface area contributed by atoms with Gasteiger partial charge in [0, 0.05) is 7.05 Å². The Morgan fingerprint density at radius 1 is 1.62 bits per heavy atom. The third-order valence-electron chi connectivity index (χ3n) is 0.891. The first-order chi connectivity index (χ1) is 4.57. The van der Waals surface area contributed by atoms with Crippen LogP contribution in [0.4, 0.5) is 0 Å². The van der Waals surface area contributed by atoms with Crippen LogP contribution in [0.2, 0.25) is 0 Å². The molecule has 0 rings (SSSR count). The summed E-state index contributed by atoms with van der Waals surface area (Å²) >= 11 is 0. The van der Waals surface area contributed by atoms with E-state index in [0.29, 0.717) is 0 Å². The van der Waals surface area contributed by atoms with Crippen molar-refractivity contribution in [1.82, 2.24) is 9.99 Å². The summed E-state index contributed by atoms with van der Waals surface area (Å²) in [5.41, 5.74) is 0. The molecular weight excluding hydrogens is 215 g/mol. The van der Waals surface area contributed by atoms with Crippen molar-refractivity contribution in [2.45, 2.75) is 0 Å². The van der Waals surface area contributed by atoms with Gasteiger partial charge in [-0.3, -0.25) is 10.2 Å². The molecule has 0 amide bonds. The van der Waals surface area contributed by atoms with Crippen molar-refractivity contribution in [2.75, 3.05) is 13.6 Å². The number of likely N-dealkylation sites (N-methyl/N-ethyl adjacent to an activating group) is 1. The second-order valence-electron chi connectivity index (χ2n) is 1.74. The molecule has 9 heteroatoms. The summed E-state index contributed by atoms with van der Waals surface area (Å²) in [6.45, 7) is -0.166. The number of carbonyl (C=O) groups is 1. The second-order valence-corrected chi connectivity index (χ2v) is 2.03. The van der Waals surface area contributed by atoms with Crippen LogP contribution in [0.5, 0.6) is 0 Å². The number of guanidine groups is 1. The molecule has 5 N–H and O–H groups in total. The van der Waals surface area contributed by atoms with Gasteiger partial charge in [-0.15, -0.1) is 0 Å². The fraction of sp³-hybridized carbons (Fsp3) is 0.500. The zero-order valence-corrected chi connectivity index (χ0v) is 7.24. The van der Waals surface area contributed by atoms with Gasteiger partial charge in [-0.1, -0.05) is 0 Å². The minimum absolute atomic E-state index is 0. The molecule has 6 nitrogen and oxygen atoms in total. The van der Waals surface area contributed by atoms with Crippen LogP contribution in [0.1, 0.15) is 0 Å². The summed E-state index contributed by atoms with van der Waals surface area (Å²) in [4.78, 5) is 11.3. The monoisotopic (exact) mass is 229 g/mol. The van der Waals surface area contributed by atoms with Gasteiger partial charge in [0.05, 0.1) is 0 Å². The van der Waals surface area contributed by atoms with E-state index in [1.807, 2.05) is 0 Å². The van der Waals surface area contributed by atoms with Gasteiger partial charge in [0.1, 0.15) is 6.54 Å². The molecule has 0 saturated carbocycles. The van der Waals surface area contributed by atoms with Gasteiger partial charge in [-0.2, -0.15) is 0 Å². The second kappa shape index (κ2) is 13.1. The maximum atomic E-state index is 10.1. The van der Waals surface area contributed by atoms with Crippen LogP contribution in [0.15, 0.2) is 0 Å². The molecule has 0 radical (unpaired) electrons. The Morgan fingerprint density at radius 2 is 2.00 bits per heavy atom. The normalized spacial score (nSPS) is 6.62. The first kappa shape index (κ1) is 23.7. The van der Waals surface area contributed by atoms with Crippen LogP contribution in [0, 0.1) is 5.41 Å². The molecule has 0 aromatic heterocycles. The molecule has 1 unspecified atom stereocenters. The van der Waals surface area contributed by atoms with Crippen LogP contribution >= 0.6 is 9.39 Å². The molecule has 0 fully saturated rings. The number of hydrogen-bond acceptors (Lipinski definition) is 2. The van der Waals surface area contributed by atoms with E-state index in [4.69, 9.17) is 10.5 Å². The number of hydrogen-bond donors (Lipinski definition) is 3. The van der Waals surface area contributed by atoms with Crippen LogP contribution in [0.25, 0.3) is 0 Å². The van der Waals surface area contributed by atoms with Crippen LogP contribution in [-0.2, 0) is 4.79 Å². The zero-order valence-electron chi connectivity index (χ0n) is 6.09. The number of nitrogens with zero attached hydrogens (tertiary/aromatic N) is 1. The average molecular weight is 229 g/mol. The van der Waals surface area contributed by atoms with Gasteiger partial charge in [-0.05, 0) is 9.39 Å². The molecule has 1 atom stereocenters. The standard InChI is InChI=1S/C4H10N3O2P.2Na.H2O.2H/c1-7(2-3(8)9)4(5)6-10;;;;;/h2,10H2,1H3,(H2,5,6)(H,8,9);;;1H2;;. The quantitative estimate of drug-likeness (QED) is 0.205. The van der Waals surface area contributed by atoms with Gasteiger partial charge in [0.15, 0.2) is 5.96 Å². The molecule has 0 aliphatic heterocycles. The summed E-state index contributed by atoms with van der Waals surface area (Å²) in [5, 5.41) is 17.8. The molecule has 0 saturated heterocycles. The number of nitrogens with one attached hydrogen (secondary N) is 2. The zero-order chi connectivity index (χ0) is 8.15. The Bertz CT molecular complexity index is 160. The van der Waals surface area contributed by atoms with E-state index in [0.717, 1.165) is 0 Å². The molecule has 0 aromatic rings. The van der Waals surface area contributed by atoms with Crippen molar-refractivity contribution in [2.24, 2.45) is 0 Å². The van der Waals surface area contributed by atoms with E-state index in [1.54, 1.807) is 0 Å². The van der Waals surface area contributed by atoms with Crippen LogP contribution < -0.4 is 5.09 Å². The van der Waals surface area contributed by atoms with Crippen molar-refractivity contribution >= 4 is 80.4 Å². The van der Waals surface area contributed by atoms with Gasteiger partial charge < -0.3 is 20.6 Å². The fourth-order valence-corrected chi connectivity index (χ4v) is 0.613. The summed E-state index contributed by atoms with van der Waals surface area (Å²) < 4.78 is 0. The van der Waals surface area contributed by atoms with Gasteiger partial charge in [0.2, 0.25) is 0 Å². The predicted molar refractivity (Wildman–Crippen MR) is 58.8 cm³/mol. The molecule has 0 aliphatic rings. The van der Waals surface area contributed by atoms with Crippen LogP contribution in [0.3, 0.4) is 0 Å². The molecular formula is C4H14N3Na2O3P. The summed E-state index contributed by atoms with van der Waals surface area (Å²) in [5.74, 6) is -0.889. The summed E-state index contributed by atoms with van der Waals surface area (Å²) in [6.07, 6.45) is 0. The molecule has 0 heterocycles. The van der Waals surface area contributed by atoms with E-state index < -0.39 is 5.97 Å². The maximum absolute atomic E-state index is 10.1. The number of aliphatic carboxylic acids is 1. The predicted octanol–water partition coefficient (Wildman–Crippen LogP) is -2.80. The number of rotatable bonds is 2. The van der Waals surface area contributed by atoms with Gasteiger partial charge in [-0.25, -0.2) is 0 Å². The fourth-order valence-electron chi connectivity index (χ4n) is 0.392. The first-order valence-corrected chi connectivity index (χ1v) is 3.13. The molecule has 0 aromatic carbocycles. The SMILES string of the molecule is CN(CC(=O)O)C(=N)NP.O.[NaH].[NaH]. The van der Waals surface area contributed by atoms with Crippen molar-refractivity contribution < 1.29 is 15.4 Å². The molecule has 0 spiro atoms. The topological polar surface area (TPSA) is 108 Å². The first-order valence-electron chi connectivity index (χ1n) is 2.56. The van der Waals surface area contributed by atoms with Gasteiger partial charge in [0.25, 0.3) is 0 Å². The Hall–Kier alpha value is 1.13. The molecule has 0 aliphatic carbocycles. The number of carboxylic acid groups (broad SMARTS) is 1. The molecule has 0 bridgehead atoms. The van der Waals surface area contributed by atoms with E-state index >= 15 is 0 Å².